The first-order valence-corrected chi connectivity index (χ1v) is 9.36. The van der Waals surface area contributed by atoms with Gasteiger partial charge in [0.1, 0.15) is 0 Å². The van der Waals surface area contributed by atoms with Gasteiger partial charge in [0, 0.05) is 32.6 Å². The molecule has 1 N–H and O–H groups in total. The van der Waals surface area contributed by atoms with Crippen LogP contribution in [0.4, 0.5) is 0 Å². The van der Waals surface area contributed by atoms with Gasteiger partial charge in [-0.3, -0.25) is 14.4 Å². The smallest absolute Gasteiger partial charge is 0.308 e. The number of hydrogen-bond acceptors (Lipinski definition) is 3. The standard InChI is InChI=1S/C20H24N2O4/c23-18-8-15(10-21(18)9-13-4-2-1-3-5-13)19(24)22-11-16(14-6-7-14)17(12-22)20(25)26/h1-5,14-17H,6-12H2,(H,25,26)/t15?,16-,17+/m1/s1. The van der Waals surface area contributed by atoms with E-state index >= 15 is 0 Å². The lowest BCUT2D eigenvalue weighted by atomic mass is 9.92. The molecule has 6 nitrogen and oxygen atoms in total. The van der Waals surface area contributed by atoms with Crippen molar-refractivity contribution in [3.05, 3.63) is 35.9 Å². The minimum absolute atomic E-state index is 0.0000671. The number of aliphatic carboxylic acids is 1. The molecule has 1 aromatic carbocycles. The van der Waals surface area contributed by atoms with Gasteiger partial charge in [0.25, 0.3) is 0 Å². The first-order valence-electron chi connectivity index (χ1n) is 9.36. The Morgan fingerprint density at radius 1 is 1.08 bits per heavy atom. The molecule has 2 heterocycles. The number of carbonyl (C=O) groups is 3. The summed E-state index contributed by atoms with van der Waals surface area (Å²) in [6.07, 6.45) is 2.38. The molecule has 26 heavy (non-hydrogen) atoms. The number of carboxylic acids is 1. The molecule has 3 aliphatic rings. The maximum Gasteiger partial charge on any atom is 0.308 e. The van der Waals surface area contributed by atoms with Crippen molar-refractivity contribution in [1.29, 1.82) is 0 Å². The molecule has 0 spiro atoms. The Labute approximate surface area is 152 Å². The fourth-order valence-corrected chi connectivity index (χ4v) is 4.42. The van der Waals surface area contributed by atoms with Crippen molar-refractivity contribution < 1.29 is 19.5 Å². The monoisotopic (exact) mass is 356 g/mol. The van der Waals surface area contributed by atoms with Gasteiger partial charge in [0.15, 0.2) is 0 Å². The third-order valence-corrected chi connectivity index (χ3v) is 6.00. The molecular formula is C20H24N2O4. The number of carboxylic acid groups (broad SMARTS) is 1. The molecule has 2 aliphatic heterocycles. The molecule has 6 heteroatoms. The van der Waals surface area contributed by atoms with Crippen LogP contribution in [0.2, 0.25) is 0 Å². The minimum atomic E-state index is -0.801. The largest absolute Gasteiger partial charge is 0.481 e. The Balaban J connectivity index is 1.39. The zero-order valence-electron chi connectivity index (χ0n) is 14.7. The van der Waals surface area contributed by atoms with E-state index in [2.05, 4.69) is 0 Å². The molecule has 0 aromatic heterocycles. The van der Waals surface area contributed by atoms with Crippen molar-refractivity contribution in [2.24, 2.45) is 23.7 Å². The highest BCUT2D eigenvalue weighted by atomic mass is 16.4. The normalized spacial score (nSPS) is 28.6. The Morgan fingerprint density at radius 2 is 1.81 bits per heavy atom. The molecule has 0 bridgehead atoms. The summed E-state index contributed by atoms with van der Waals surface area (Å²) in [4.78, 5) is 40.2. The van der Waals surface area contributed by atoms with Crippen molar-refractivity contribution >= 4 is 17.8 Å². The van der Waals surface area contributed by atoms with Gasteiger partial charge in [-0.2, -0.15) is 0 Å². The van der Waals surface area contributed by atoms with Crippen LogP contribution in [0, 0.1) is 23.7 Å². The fraction of sp³-hybridized carbons (Fsp3) is 0.550. The maximum atomic E-state index is 12.9. The third-order valence-electron chi connectivity index (χ3n) is 6.00. The third kappa shape index (κ3) is 3.32. The van der Waals surface area contributed by atoms with Crippen LogP contribution in [0.3, 0.4) is 0 Å². The van der Waals surface area contributed by atoms with Gasteiger partial charge in [0.2, 0.25) is 11.8 Å². The van der Waals surface area contributed by atoms with Gasteiger partial charge in [-0.15, -0.1) is 0 Å². The number of hydrogen-bond donors (Lipinski definition) is 1. The van der Waals surface area contributed by atoms with Gasteiger partial charge in [0.05, 0.1) is 11.8 Å². The highest BCUT2D eigenvalue weighted by Crippen LogP contribution is 2.44. The van der Waals surface area contributed by atoms with Crippen LogP contribution in [-0.2, 0) is 20.9 Å². The first kappa shape index (κ1) is 17.1. The molecule has 4 rings (SSSR count). The van der Waals surface area contributed by atoms with E-state index in [0.29, 0.717) is 32.1 Å². The topological polar surface area (TPSA) is 77.9 Å². The van der Waals surface area contributed by atoms with E-state index in [1.54, 1.807) is 9.80 Å². The second-order valence-corrected chi connectivity index (χ2v) is 7.85. The van der Waals surface area contributed by atoms with Gasteiger partial charge >= 0.3 is 5.97 Å². The summed E-state index contributed by atoms with van der Waals surface area (Å²) in [5.74, 6) is -1.13. The Kier molecular flexibility index (Phi) is 4.42. The molecule has 1 aromatic rings. The molecule has 2 saturated heterocycles. The molecule has 2 amide bonds. The minimum Gasteiger partial charge on any atom is -0.481 e. The van der Waals surface area contributed by atoms with E-state index in [1.165, 1.54) is 0 Å². The van der Waals surface area contributed by atoms with Crippen LogP contribution >= 0.6 is 0 Å². The number of amides is 2. The average Bonchev–Trinajstić information content (AvgIpc) is 3.27. The van der Waals surface area contributed by atoms with Crippen molar-refractivity contribution in [3.8, 4) is 0 Å². The summed E-state index contributed by atoms with van der Waals surface area (Å²) in [5.41, 5.74) is 1.05. The molecule has 0 radical (unpaired) electrons. The zero-order chi connectivity index (χ0) is 18.3. The van der Waals surface area contributed by atoms with Crippen molar-refractivity contribution in [3.63, 3.8) is 0 Å². The predicted molar refractivity (Wildman–Crippen MR) is 93.9 cm³/mol. The van der Waals surface area contributed by atoms with E-state index < -0.39 is 11.9 Å². The van der Waals surface area contributed by atoms with Crippen LogP contribution in [0.5, 0.6) is 0 Å². The van der Waals surface area contributed by atoms with Crippen molar-refractivity contribution in [2.45, 2.75) is 25.8 Å². The van der Waals surface area contributed by atoms with Crippen LogP contribution in [0.1, 0.15) is 24.8 Å². The lowest BCUT2D eigenvalue weighted by molar-refractivity contribution is -0.143. The van der Waals surface area contributed by atoms with Gasteiger partial charge < -0.3 is 14.9 Å². The summed E-state index contributed by atoms with van der Waals surface area (Å²) < 4.78 is 0. The molecule has 3 fully saturated rings. The molecule has 1 unspecified atom stereocenters. The Bertz CT molecular complexity index is 716. The Hall–Kier alpha value is -2.37. The fourth-order valence-electron chi connectivity index (χ4n) is 4.42. The SMILES string of the molecule is O=C(O)[C@H]1CN(C(=O)C2CC(=O)N(Cc3ccccc3)C2)C[C@@H]1C1CC1. The van der Waals surface area contributed by atoms with Crippen molar-refractivity contribution in [1.82, 2.24) is 9.80 Å². The van der Waals surface area contributed by atoms with Crippen LogP contribution in [-0.4, -0.2) is 52.3 Å². The molecule has 1 aliphatic carbocycles. The van der Waals surface area contributed by atoms with Crippen LogP contribution in [0.15, 0.2) is 30.3 Å². The number of nitrogens with zero attached hydrogens (tertiary/aromatic N) is 2. The lowest BCUT2D eigenvalue weighted by Crippen LogP contribution is -2.36. The molecular weight excluding hydrogens is 332 g/mol. The van der Waals surface area contributed by atoms with E-state index in [-0.39, 0.29) is 30.1 Å². The van der Waals surface area contributed by atoms with Gasteiger partial charge in [-0.25, -0.2) is 0 Å². The van der Waals surface area contributed by atoms with Gasteiger partial charge in [-0.05, 0) is 30.2 Å². The van der Waals surface area contributed by atoms with Crippen LogP contribution in [0.25, 0.3) is 0 Å². The summed E-state index contributed by atoms with van der Waals surface area (Å²) in [6, 6.07) is 9.75. The van der Waals surface area contributed by atoms with Crippen molar-refractivity contribution in [2.75, 3.05) is 19.6 Å². The quantitative estimate of drug-likeness (QED) is 0.869. The number of benzene rings is 1. The maximum absolute atomic E-state index is 12.9. The highest BCUT2D eigenvalue weighted by Gasteiger charge is 2.48. The second kappa shape index (κ2) is 6.74. The van der Waals surface area contributed by atoms with Crippen LogP contribution < -0.4 is 0 Å². The number of likely N-dealkylation sites (tertiary alicyclic amines) is 2. The van der Waals surface area contributed by atoms with E-state index in [9.17, 15) is 19.5 Å². The summed E-state index contributed by atoms with van der Waals surface area (Å²) in [6.45, 7) is 1.77. The lowest BCUT2D eigenvalue weighted by Gasteiger charge is -2.21. The highest BCUT2D eigenvalue weighted by molar-refractivity contribution is 5.89. The van der Waals surface area contributed by atoms with Gasteiger partial charge in [-0.1, -0.05) is 30.3 Å². The molecule has 1 saturated carbocycles. The predicted octanol–water partition coefficient (Wildman–Crippen LogP) is 1.60. The summed E-state index contributed by atoms with van der Waals surface area (Å²) in [7, 11) is 0. The van der Waals surface area contributed by atoms with E-state index in [4.69, 9.17) is 0 Å². The zero-order valence-corrected chi connectivity index (χ0v) is 14.7. The molecule has 138 valence electrons. The van der Waals surface area contributed by atoms with E-state index in [0.717, 1.165) is 18.4 Å². The molecule has 3 atom stereocenters. The van der Waals surface area contributed by atoms with E-state index in [1.807, 2.05) is 30.3 Å². The Morgan fingerprint density at radius 3 is 2.46 bits per heavy atom. The number of rotatable bonds is 5. The second-order valence-electron chi connectivity index (χ2n) is 7.85. The number of carbonyl (C=O) groups excluding carboxylic acids is 2. The summed E-state index contributed by atoms with van der Waals surface area (Å²) in [5, 5.41) is 9.47. The first-order chi connectivity index (χ1) is 12.5. The summed E-state index contributed by atoms with van der Waals surface area (Å²) >= 11 is 0. The average molecular weight is 356 g/mol.